The lowest BCUT2D eigenvalue weighted by Crippen LogP contribution is -2.43. The van der Waals surface area contributed by atoms with E-state index < -0.39 is 31.9 Å². The zero-order valence-electron chi connectivity index (χ0n) is 33.9. The molecular formula is C42H56ClF2N7O4Si. The minimum absolute atomic E-state index is 0.0286. The van der Waals surface area contributed by atoms with E-state index in [-0.39, 0.29) is 46.9 Å². The second-order valence-electron chi connectivity index (χ2n) is 18.8. The molecule has 3 aromatic heterocycles. The number of benzene rings is 1. The molecule has 4 aliphatic heterocycles. The Hall–Kier alpha value is -3.01. The average molecular weight is 824 g/mol. The number of ether oxygens (including phenoxy) is 2. The van der Waals surface area contributed by atoms with Gasteiger partial charge >= 0.3 is 6.01 Å². The number of halogens is 3. The second-order valence-corrected chi connectivity index (χ2v) is 24.0. The van der Waals surface area contributed by atoms with E-state index in [1.54, 1.807) is 12.4 Å². The zero-order chi connectivity index (χ0) is 39.9. The monoisotopic (exact) mass is 823 g/mol. The molecule has 1 unspecified atom stereocenters. The van der Waals surface area contributed by atoms with Crippen molar-refractivity contribution in [2.45, 2.75) is 127 Å². The molecule has 0 radical (unpaired) electrons. The Morgan fingerprint density at radius 2 is 1.91 bits per heavy atom. The number of hydrogen-bond donors (Lipinski definition) is 1. The molecule has 9 rings (SSSR count). The molecule has 4 saturated heterocycles. The summed E-state index contributed by atoms with van der Waals surface area (Å²) in [6, 6.07) is 1.98. The molecule has 1 aliphatic carbocycles. The van der Waals surface area contributed by atoms with Crippen LogP contribution in [0, 0.1) is 11.7 Å². The van der Waals surface area contributed by atoms with Gasteiger partial charge < -0.3 is 23.9 Å². The molecule has 0 amide bonds. The standard InChI is InChI=1S/C42H56ClF2N7O4Si/c1-41(2,3)57(4,5)56-23-25-16-28(25)34-31(43)17-32-29(20-47-52(32)33-11-6-7-15-54-33)35(34)38-36(45)37-30(19-46-38)39(50-13-8-10-27(53)22-50)49-40(48-37)55-24-42-12-9-14-51(42)21-26(44)18-42/h17,19-20,25-28,33,53H,6-16,18,21-24H2,1-5H3/t25-,26-,27-,28-,33?,42+/m1/s1. The number of alkyl halides is 1. The van der Waals surface area contributed by atoms with E-state index in [1.807, 2.05) is 15.6 Å². The predicted octanol–water partition coefficient (Wildman–Crippen LogP) is 8.57. The van der Waals surface area contributed by atoms with Crippen LogP contribution in [0.5, 0.6) is 6.01 Å². The van der Waals surface area contributed by atoms with Crippen molar-refractivity contribution in [2.75, 3.05) is 50.9 Å². The van der Waals surface area contributed by atoms with Crippen LogP contribution < -0.4 is 9.64 Å². The summed E-state index contributed by atoms with van der Waals surface area (Å²) < 4.78 is 53.5. The number of nitrogens with zero attached hydrogens (tertiary/aromatic N) is 7. The lowest BCUT2D eigenvalue weighted by Gasteiger charge is -2.36. The molecule has 1 N–H and O–H groups in total. The Morgan fingerprint density at radius 3 is 2.68 bits per heavy atom. The number of rotatable bonds is 10. The van der Waals surface area contributed by atoms with E-state index in [4.69, 9.17) is 45.6 Å². The lowest BCUT2D eigenvalue weighted by molar-refractivity contribution is -0.0366. The number of aromatic nitrogens is 5. The van der Waals surface area contributed by atoms with Crippen LogP contribution in [0.1, 0.15) is 96.3 Å². The zero-order valence-corrected chi connectivity index (χ0v) is 35.6. The third-order valence-corrected chi connectivity index (χ3v) is 18.7. The summed E-state index contributed by atoms with van der Waals surface area (Å²) in [6.45, 7) is 14.9. The minimum Gasteiger partial charge on any atom is -0.461 e. The summed E-state index contributed by atoms with van der Waals surface area (Å²) in [4.78, 5) is 18.6. The third kappa shape index (κ3) is 7.23. The van der Waals surface area contributed by atoms with Crippen LogP contribution in [0.3, 0.4) is 0 Å². The van der Waals surface area contributed by atoms with Crippen LogP contribution in [0.2, 0.25) is 23.2 Å². The second kappa shape index (κ2) is 14.9. The number of anilines is 1. The molecule has 7 heterocycles. The Bertz CT molecular complexity index is 2160. The number of pyridine rings is 1. The first-order valence-corrected chi connectivity index (χ1v) is 24.3. The molecule has 6 atom stereocenters. The van der Waals surface area contributed by atoms with Gasteiger partial charge in [-0.1, -0.05) is 32.4 Å². The largest absolute Gasteiger partial charge is 0.461 e. The fraction of sp³-hybridized carbons (Fsp3) is 0.667. The van der Waals surface area contributed by atoms with E-state index >= 15 is 4.39 Å². The number of β-amino-alcohol motifs (C(OH)–C–C–N with tert-alkyl or cyclic N) is 1. The number of aliphatic hydroxyl groups is 1. The average Bonchev–Trinajstić information content (AvgIpc) is 3.46. The molecule has 5 aliphatic rings. The van der Waals surface area contributed by atoms with Gasteiger partial charge in [0.25, 0.3) is 0 Å². The Labute approximate surface area is 339 Å². The Kier molecular flexibility index (Phi) is 10.3. The summed E-state index contributed by atoms with van der Waals surface area (Å²) in [5, 5.41) is 17.3. The number of hydrogen-bond acceptors (Lipinski definition) is 10. The van der Waals surface area contributed by atoms with Gasteiger partial charge in [0.15, 0.2) is 20.4 Å². The van der Waals surface area contributed by atoms with Crippen LogP contribution in [0.15, 0.2) is 18.5 Å². The van der Waals surface area contributed by atoms with Crippen molar-refractivity contribution in [2.24, 2.45) is 5.92 Å². The minimum atomic E-state index is -2.00. The molecule has 11 nitrogen and oxygen atoms in total. The molecule has 4 aromatic rings. The van der Waals surface area contributed by atoms with Crippen molar-refractivity contribution in [1.82, 2.24) is 29.6 Å². The van der Waals surface area contributed by atoms with Gasteiger partial charge in [0.05, 0.1) is 28.7 Å². The fourth-order valence-electron chi connectivity index (χ4n) is 9.55. The maximum absolute atomic E-state index is 17.7. The van der Waals surface area contributed by atoms with E-state index in [1.165, 1.54) is 0 Å². The van der Waals surface area contributed by atoms with Crippen molar-refractivity contribution < 1.29 is 27.8 Å². The van der Waals surface area contributed by atoms with Gasteiger partial charge in [-0.15, -0.1) is 0 Å². The van der Waals surface area contributed by atoms with Gasteiger partial charge in [0, 0.05) is 61.4 Å². The van der Waals surface area contributed by atoms with Crippen LogP contribution in [0.25, 0.3) is 33.1 Å². The van der Waals surface area contributed by atoms with E-state index in [0.717, 1.165) is 68.0 Å². The molecule has 0 bridgehead atoms. The number of fused-ring (bicyclic) bond motifs is 3. The first kappa shape index (κ1) is 39.4. The molecule has 308 valence electrons. The first-order valence-electron chi connectivity index (χ1n) is 21.0. The van der Waals surface area contributed by atoms with Gasteiger partial charge in [0.2, 0.25) is 0 Å². The number of aliphatic hydroxyl groups excluding tert-OH is 1. The molecule has 0 spiro atoms. The van der Waals surface area contributed by atoms with Crippen molar-refractivity contribution in [3.63, 3.8) is 0 Å². The van der Waals surface area contributed by atoms with Crippen LogP contribution >= 0.6 is 11.6 Å². The van der Waals surface area contributed by atoms with E-state index in [9.17, 15) is 9.50 Å². The summed E-state index contributed by atoms with van der Waals surface area (Å²) >= 11 is 7.31. The maximum Gasteiger partial charge on any atom is 0.319 e. The number of piperidine rings is 1. The molecule has 1 saturated carbocycles. The van der Waals surface area contributed by atoms with Crippen LogP contribution in [-0.4, -0.2) is 107 Å². The first-order chi connectivity index (χ1) is 27.2. The highest BCUT2D eigenvalue weighted by Gasteiger charge is 2.50. The maximum atomic E-state index is 17.7. The molecule has 57 heavy (non-hydrogen) atoms. The summed E-state index contributed by atoms with van der Waals surface area (Å²) in [5.41, 5.74) is 1.99. The SMILES string of the molecule is CC(C)(C)[Si](C)(C)OC[C@H]1C[C@H]1c1c(Cl)cc2c(cnn2C2CCCCO2)c1-c1ncc2c(N3CCC[C@@H](O)C3)nc(OC[C@@]34CCCN3C[C@H](F)C4)nc2c1F. The normalized spacial score (nSPS) is 28.4. The van der Waals surface area contributed by atoms with Gasteiger partial charge in [-0.05, 0) is 99.5 Å². The quantitative estimate of drug-likeness (QED) is 0.156. The molecule has 1 aromatic carbocycles. The highest BCUT2D eigenvalue weighted by Crippen LogP contribution is 2.55. The van der Waals surface area contributed by atoms with Gasteiger partial charge in [-0.2, -0.15) is 15.1 Å². The van der Waals surface area contributed by atoms with Crippen molar-refractivity contribution in [1.29, 1.82) is 0 Å². The molecule has 15 heteroatoms. The Morgan fingerprint density at radius 1 is 1.07 bits per heavy atom. The lowest BCUT2D eigenvalue weighted by atomic mass is 9.94. The highest BCUT2D eigenvalue weighted by molar-refractivity contribution is 6.74. The van der Waals surface area contributed by atoms with Crippen molar-refractivity contribution in [3.8, 4) is 17.3 Å². The highest BCUT2D eigenvalue weighted by atomic mass is 35.5. The summed E-state index contributed by atoms with van der Waals surface area (Å²) in [7, 11) is -2.00. The van der Waals surface area contributed by atoms with E-state index in [0.29, 0.717) is 67.5 Å². The van der Waals surface area contributed by atoms with Crippen LogP contribution in [-0.2, 0) is 9.16 Å². The van der Waals surface area contributed by atoms with E-state index in [2.05, 4.69) is 38.8 Å². The van der Waals surface area contributed by atoms with Gasteiger partial charge in [0.1, 0.15) is 29.8 Å². The molecule has 5 fully saturated rings. The van der Waals surface area contributed by atoms with Gasteiger partial charge in [-0.25, -0.2) is 13.5 Å². The van der Waals surface area contributed by atoms with Crippen molar-refractivity contribution in [3.05, 3.63) is 34.9 Å². The van der Waals surface area contributed by atoms with Gasteiger partial charge in [-0.3, -0.25) is 9.88 Å². The third-order valence-electron chi connectivity index (χ3n) is 13.9. The summed E-state index contributed by atoms with van der Waals surface area (Å²) in [6.07, 6.45) is 9.07. The summed E-state index contributed by atoms with van der Waals surface area (Å²) in [5.74, 6) is 0.125. The Balaban J connectivity index is 1.16. The molecular weight excluding hydrogens is 768 g/mol. The topological polar surface area (TPSA) is 111 Å². The predicted molar refractivity (Wildman–Crippen MR) is 220 cm³/mol. The van der Waals surface area contributed by atoms with Crippen molar-refractivity contribution >= 4 is 47.5 Å². The van der Waals surface area contributed by atoms with Crippen LogP contribution in [0.4, 0.5) is 14.6 Å². The fourth-order valence-corrected chi connectivity index (χ4v) is 10.9. The smallest absolute Gasteiger partial charge is 0.319 e.